The van der Waals surface area contributed by atoms with Crippen molar-refractivity contribution in [2.24, 2.45) is 0 Å². The zero-order chi connectivity index (χ0) is 13.9. The molecule has 2 aromatic carbocycles. The average Bonchev–Trinajstić information content (AvgIpc) is 2.93. The van der Waals surface area contributed by atoms with Crippen molar-refractivity contribution in [3.63, 3.8) is 0 Å². The van der Waals surface area contributed by atoms with Crippen LogP contribution < -0.4 is 10.6 Å². The van der Waals surface area contributed by atoms with E-state index in [9.17, 15) is 0 Å². The van der Waals surface area contributed by atoms with E-state index in [1.165, 1.54) is 22.4 Å². The molecule has 0 amide bonds. The summed E-state index contributed by atoms with van der Waals surface area (Å²) in [6.07, 6.45) is 1.13. The highest BCUT2D eigenvalue weighted by molar-refractivity contribution is 6.30. The molecule has 0 saturated carbocycles. The summed E-state index contributed by atoms with van der Waals surface area (Å²) in [5, 5.41) is 7.84. The number of hydrogen-bond donors (Lipinski definition) is 2. The van der Waals surface area contributed by atoms with Gasteiger partial charge in [-0.05, 0) is 42.2 Å². The maximum atomic E-state index is 6.05. The van der Waals surface area contributed by atoms with Gasteiger partial charge in [0.15, 0.2) is 0 Å². The zero-order valence-electron chi connectivity index (χ0n) is 11.6. The van der Waals surface area contributed by atoms with Crippen LogP contribution in [0.15, 0.2) is 42.5 Å². The molecule has 0 unspecified atom stereocenters. The van der Waals surface area contributed by atoms with E-state index in [0.29, 0.717) is 0 Å². The van der Waals surface area contributed by atoms with Crippen molar-refractivity contribution in [2.75, 3.05) is 11.9 Å². The fraction of sp³-hybridized carbons (Fsp3) is 0.294. The SMILES string of the molecule is C[C@H](NCc1cccc2c1NCC2)c1cccc(Cl)c1. The van der Waals surface area contributed by atoms with Crippen LogP contribution in [0.5, 0.6) is 0 Å². The Kier molecular flexibility index (Phi) is 3.95. The van der Waals surface area contributed by atoms with Gasteiger partial charge < -0.3 is 10.6 Å². The lowest BCUT2D eigenvalue weighted by molar-refractivity contribution is 0.575. The third kappa shape index (κ3) is 2.82. The Morgan fingerprint density at radius 1 is 1.25 bits per heavy atom. The highest BCUT2D eigenvalue weighted by atomic mass is 35.5. The minimum Gasteiger partial charge on any atom is -0.384 e. The number of benzene rings is 2. The molecule has 1 atom stereocenters. The molecular formula is C17H19ClN2. The monoisotopic (exact) mass is 286 g/mol. The summed E-state index contributed by atoms with van der Waals surface area (Å²) in [6, 6.07) is 14.9. The Hall–Kier alpha value is -1.51. The summed E-state index contributed by atoms with van der Waals surface area (Å²) in [7, 11) is 0. The van der Waals surface area contributed by atoms with E-state index < -0.39 is 0 Å². The summed E-state index contributed by atoms with van der Waals surface area (Å²) in [4.78, 5) is 0. The quantitative estimate of drug-likeness (QED) is 0.882. The number of anilines is 1. The van der Waals surface area contributed by atoms with E-state index in [0.717, 1.165) is 24.5 Å². The zero-order valence-corrected chi connectivity index (χ0v) is 12.4. The Balaban J connectivity index is 1.69. The van der Waals surface area contributed by atoms with Crippen LogP contribution >= 0.6 is 11.6 Å². The van der Waals surface area contributed by atoms with Crippen LogP contribution in [0, 0.1) is 0 Å². The summed E-state index contributed by atoms with van der Waals surface area (Å²) < 4.78 is 0. The van der Waals surface area contributed by atoms with Gasteiger partial charge in [-0.15, -0.1) is 0 Å². The van der Waals surface area contributed by atoms with Crippen LogP contribution in [0.2, 0.25) is 5.02 Å². The van der Waals surface area contributed by atoms with E-state index in [1.54, 1.807) is 0 Å². The lowest BCUT2D eigenvalue weighted by atomic mass is 10.1. The normalized spacial score (nSPS) is 14.7. The number of rotatable bonds is 4. The summed E-state index contributed by atoms with van der Waals surface area (Å²) >= 11 is 6.05. The molecular weight excluding hydrogens is 268 g/mol. The van der Waals surface area contributed by atoms with Gasteiger partial charge in [0.25, 0.3) is 0 Å². The van der Waals surface area contributed by atoms with Crippen LogP contribution in [0.1, 0.15) is 29.7 Å². The molecule has 1 aliphatic rings. The molecule has 1 heterocycles. The molecule has 3 heteroatoms. The third-order valence-electron chi connectivity index (χ3n) is 3.88. The molecule has 2 aromatic rings. The lowest BCUT2D eigenvalue weighted by Gasteiger charge is -2.16. The van der Waals surface area contributed by atoms with Crippen molar-refractivity contribution in [1.82, 2.24) is 5.32 Å². The first-order valence-corrected chi connectivity index (χ1v) is 7.45. The van der Waals surface area contributed by atoms with Crippen molar-refractivity contribution in [3.05, 3.63) is 64.2 Å². The molecule has 1 aliphatic heterocycles. The predicted molar refractivity (Wildman–Crippen MR) is 85.3 cm³/mol. The highest BCUT2D eigenvalue weighted by Crippen LogP contribution is 2.27. The summed E-state index contributed by atoms with van der Waals surface area (Å²) in [6.45, 7) is 4.09. The molecule has 2 nitrogen and oxygen atoms in total. The minimum atomic E-state index is 0.283. The van der Waals surface area contributed by atoms with Gasteiger partial charge in [0.2, 0.25) is 0 Å². The highest BCUT2D eigenvalue weighted by Gasteiger charge is 2.14. The van der Waals surface area contributed by atoms with Gasteiger partial charge >= 0.3 is 0 Å². The number of hydrogen-bond acceptors (Lipinski definition) is 2. The van der Waals surface area contributed by atoms with Gasteiger partial charge in [-0.1, -0.05) is 41.9 Å². The minimum absolute atomic E-state index is 0.283. The van der Waals surface area contributed by atoms with Gasteiger partial charge in [0.1, 0.15) is 0 Å². The van der Waals surface area contributed by atoms with Gasteiger partial charge in [-0.2, -0.15) is 0 Å². The molecule has 0 spiro atoms. The first-order chi connectivity index (χ1) is 9.74. The molecule has 0 aliphatic carbocycles. The number of para-hydroxylation sites is 1. The fourth-order valence-electron chi connectivity index (χ4n) is 2.72. The lowest BCUT2D eigenvalue weighted by Crippen LogP contribution is -2.18. The number of nitrogens with one attached hydrogen (secondary N) is 2. The number of fused-ring (bicyclic) bond motifs is 1. The van der Waals surface area contributed by atoms with Gasteiger partial charge in [-0.25, -0.2) is 0 Å². The summed E-state index contributed by atoms with van der Waals surface area (Å²) in [5.74, 6) is 0. The van der Waals surface area contributed by atoms with E-state index >= 15 is 0 Å². The van der Waals surface area contributed by atoms with Crippen LogP contribution in [0.4, 0.5) is 5.69 Å². The average molecular weight is 287 g/mol. The molecule has 20 heavy (non-hydrogen) atoms. The largest absolute Gasteiger partial charge is 0.384 e. The van der Waals surface area contributed by atoms with Crippen molar-refractivity contribution in [3.8, 4) is 0 Å². The second-order valence-corrected chi connectivity index (χ2v) is 5.72. The molecule has 0 radical (unpaired) electrons. The van der Waals surface area contributed by atoms with Crippen molar-refractivity contribution >= 4 is 17.3 Å². The van der Waals surface area contributed by atoms with Gasteiger partial charge in [0.05, 0.1) is 0 Å². The Bertz CT molecular complexity index is 610. The van der Waals surface area contributed by atoms with Gasteiger partial charge in [-0.3, -0.25) is 0 Å². The van der Waals surface area contributed by atoms with Crippen molar-refractivity contribution < 1.29 is 0 Å². The Morgan fingerprint density at radius 2 is 2.10 bits per heavy atom. The van der Waals surface area contributed by atoms with Crippen LogP contribution in [0.3, 0.4) is 0 Å². The predicted octanol–water partition coefficient (Wildman–Crippen LogP) is 4.16. The Morgan fingerprint density at radius 3 is 2.95 bits per heavy atom. The molecule has 2 N–H and O–H groups in total. The molecule has 0 bridgehead atoms. The smallest absolute Gasteiger partial charge is 0.0419 e. The van der Waals surface area contributed by atoms with E-state index in [2.05, 4.69) is 41.8 Å². The molecule has 0 saturated heterocycles. The molecule has 0 fully saturated rings. The first kappa shape index (κ1) is 13.5. The molecule has 3 rings (SSSR count). The topological polar surface area (TPSA) is 24.1 Å². The molecule has 104 valence electrons. The van der Waals surface area contributed by atoms with E-state index in [1.807, 2.05) is 18.2 Å². The van der Waals surface area contributed by atoms with Crippen LogP contribution in [-0.4, -0.2) is 6.54 Å². The second kappa shape index (κ2) is 5.86. The molecule has 0 aromatic heterocycles. The van der Waals surface area contributed by atoms with Crippen molar-refractivity contribution in [1.29, 1.82) is 0 Å². The maximum Gasteiger partial charge on any atom is 0.0419 e. The van der Waals surface area contributed by atoms with Gasteiger partial charge in [0, 0.05) is 29.8 Å². The van der Waals surface area contributed by atoms with E-state index in [4.69, 9.17) is 11.6 Å². The van der Waals surface area contributed by atoms with Crippen LogP contribution in [-0.2, 0) is 13.0 Å². The second-order valence-electron chi connectivity index (χ2n) is 5.29. The Labute approximate surface area is 125 Å². The van der Waals surface area contributed by atoms with E-state index in [-0.39, 0.29) is 6.04 Å². The van der Waals surface area contributed by atoms with Crippen LogP contribution in [0.25, 0.3) is 0 Å². The standard InChI is InChI=1S/C17H19ClN2/c1-12(14-5-3-7-16(18)10-14)20-11-15-6-2-4-13-8-9-19-17(13)15/h2-7,10,12,19-20H,8-9,11H2,1H3/t12-/m0/s1. The van der Waals surface area contributed by atoms with Crippen molar-refractivity contribution in [2.45, 2.75) is 25.9 Å². The number of halogens is 1. The fourth-order valence-corrected chi connectivity index (χ4v) is 2.91. The maximum absolute atomic E-state index is 6.05. The summed E-state index contributed by atoms with van der Waals surface area (Å²) in [5.41, 5.74) is 5.31. The third-order valence-corrected chi connectivity index (χ3v) is 4.12. The first-order valence-electron chi connectivity index (χ1n) is 7.07.